The average Bonchev–Trinajstić information content (AvgIpc) is 2.63. The largest absolute Gasteiger partial charge is 0.459 e. The highest BCUT2D eigenvalue weighted by Gasteiger charge is 2.07. The lowest BCUT2D eigenvalue weighted by Crippen LogP contribution is -2.26. The number of rotatable bonds is 5. The third-order valence-corrected chi connectivity index (χ3v) is 2.49. The van der Waals surface area contributed by atoms with Crippen molar-refractivity contribution in [3.63, 3.8) is 0 Å². The van der Waals surface area contributed by atoms with Crippen LogP contribution in [0.15, 0.2) is 22.8 Å². The maximum absolute atomic E-state index is 11.2. The standard InChI is InChI=1S/C8H12N2O4S/c9-15(12,13)6-2-4-10-8(11)7-3-1-5-14-7/h1,3,5H,2,4,6H2,(H,10,11)(H2,9,12,13). The van der Waals surface area contributed by atoms with Crippen molar-refractivity contribution in [3.05, 3.63) is 24.2 Å². The summed E-state index contributed by atoms with van der Waals surface area (Å²) in [7, 11) is -3.45. The summed E-state index contributed by atoms with van der Waals surface area (Å²) in [5, 5.41) is 7.29. The highest BCUT2D eigenvalue weighted by atomic mass is 32.2. The first-order chi connectivity index (χ1) is 6.99. The number of nitrogens with two attached hydrogens (primary N) is 1. The highest BCUT2D eigenvalue weighted by Crippen LogP contribution is 1.98. The quantitative estimate of drug-likeness (QED) is 0.679. The molecule has 0 fully saturated rings. The van der Waals surface area contributed by atoms with Gasteiger partial charge in [-0.25, -0.2) is 13.6 Å². The Morgan fingerprint density at radius 2 is 2.27 bits per heavy atom. The molecule has 0 radical (unpaired) electrons. The van der Waals surface area contributed by atoms with E-state index in [1.54, 1.807) is 6.07 Å². The summed E-state index contributed by atoms with van der Waals surface area (Å²) in [6.07, 6.45) is 1.67. The van der Waals surface area contributed by atoms with E-state index in [1.807, 2.05) is 0 Å². The second kappa shape index (κ2) is 4.94. The summed E-state index contributed by atoms with van der Waals surface area (Å²) >= 11 is 0. The lowest BCUT2D eigenvalue weighted by atomic mass is 10.4. The first kappa shape index (κ1) is 11.7. The van der Waals surface area contributed by atoms with E-state index in [4.69, 9.17) is 9.56 Å². The van der Waals surface area contributed by atoms with Gasteiger partial charge in [-0.05, 0) is 18.6 Å². The Morgan fingerprint density at radius 3 is 2.80 bits per heavy atom. The van der Waals surface area contributed by atoms with E-state index in [0.717, 1.165) is 0 Å². The number of hydrogen-bond acceptors (Lipinski definition) is 4. The van der Waals surface area contributed by atoms with Gasteiger partial charge in [0, 0.05) is 6.54 Å². The Hall–Kier alpha value is -1.34. The summed E-state index contributed by atoms with van der Waals surface area (Å²) < 4.78 is 25.9. The predicted molar refractivity (Wildman–Crippen MR) is 53.6 cm³/mol. The molecule has 0 aromatic carbocycles. The normalized spacial score (nSPS) is 11.3. The minimum Gasteiger partial charge on any atom is -0.459 e. The van der Waals surface area contributed by atoms with Gasteiger partial charge >= 0.3 is 0 Å². The molecule has 1 aromatic rings. The zero-order chi connectivity index (χ0) is 11.3. The third kappa shape index (κ3) is 4.61. The summed E-state index contributed by atoms with van der Waals surface area (Å²) in [5.74, 6) is -0.314. The van der Waals surface area contributed by atoms with Crippen LogP contribution < -0.4 is 10.5 Å². The van der Waals surface area contributed by atoms with Gasteiger partial charge in [-0.15, -0.1) is 0 Å². The number of carbonyl (C=O) groups excluding carboxylic acids is 1. The Bertz CT molecular complexity index is 410. The van der Waals surface area contributed by atoms with Crippen LogP contribution in [0.5, 0.6) is 0 Å². The number of primary sulfonamides is 1. The summed E-state index contributed by atoms with van der Waals surface area (Å²) in [6.45, 7) is 0.246. The fraction of sp³-hybridized carbons (Fsp3) is 0.375. The molecule has 1 rings (SSSR count). The Morgan fingerprint density at radius 1 is 1.53 bits per heavy atom. The topological polar surface area (TPSA) is 102 Å². The highest BCUT2D eigenvalue weighted by molar-refractivity contribution is 7.89. The Balaban J connectivity index is 2.24. The van der Waals surface area contributed by atoms with Crippen molar-refractivity contribution >= 4 is 15.9 Å². The lowest BCUT2D eigenvalue weighted by molar-refractivity contribution is 0.0926. The van der Waals surface area contributed by atoms with Crippen molar-refractivity contribution < 1.29 is 17.6 Å². The second-order valence-electron chi connectivity index (χ2n) is 2.95. The molecule has 15 heavy (non-hydrogen) atoms. The molecule has 1 heterocycles. The van der Waals surface area contributed by atoms with Gasteiger partial charge in [0.25, 0.3) is 5.91 Å². The zero-order valence-electron chi connectivity index (χ0n) is 7.97. The van der Waals surface area contributed by atoms with Crippen LogP contribution >= 0.6 is 0 Å². The molecule has 6 nitrogen and oxygen atoms in total. The van der Waals surface area contributed by atoms with E-state index < -0.39 is 10.0 Å². The molecule has 0 saturated carbocycles. The molecule has 0 saturated heterocycles. The van der Waals surface area contributed by atoms with Crippen LogP contribution in [0.1, 0.15) is 17.0 Å². The van der Waals surface area contributed by atoms with E-state index >= 15 is 0 Å². The molecule has 0 bridgehead atoms. The summed E-state index contributed by atoms with van der Waals surface area (Å²) in [4.78, 5) is 11.2. The van der Waals surface area contributed by atoms with E-state index in [0.29, 0.717) is 0 Å². The molecule has 0 spiro atoms. The van der Waals surface area contributed by atoms with E-state index in [1.165, 1.54) is 12.3 Å². The zero-order valence-corrected chi connectivity index (χ0v) is 8.79. The predicted octanol–water partition coefficient (Wildman–Crippen LogP) is -0.312. The van der Waals surface area contributed by atoms with Crippen LogP contribution in [0.25, 0.3) is 0 Å². The second-order valence-corrected chi connectivity index (χ2v) is 4.69. The summed E-state index contributed by atoms with van der Waals surface area (Å²) in [5.41, 5.74) is 0. The fourth-order valence-corrected chi connectivity index (χ4v) is 1.52. The molecule has 0 unspecified atom stereocenters. The SMILES string of the molecule is NS(=O)(=O)CCCNC(=O)c1ccco1. The average molecular weight is 232 g/mol. The molecule has 7 heteroatoms. The number of carbonyl (C=O) groups is 1. The van der Waals surface area contributed by atoms with Crippen LogP contribution in [0.4, 0.5) is 0 Å². The minimum absolute atomic E-state index is 0.147. The fourth-order valence-electron chi connectivity index (χ4n) is 0.970. The van der Waals surface area contributed by atoms with Crippen molar-refractivity contribution in [2.75, 3.05) is 12.3 Å². The van der Waals surface area contributed by atoms with Crippen molar-refractivity contribution in [2.24, 2.45) is 5.14 Å². The first-order valence-corrected chi connectivity index (χ1v) is 6.03. The van der Waals surface area contributed by atoms with Crippen LogP contribution in [-0.4, -0.2) is 26.6 Å². The van der Waals surface area contributed by atoms with Gasteiger partial charge in [-0.2, -0.15) is 0 Å². The molecule has 1 amide bonds. The molecule has 0 aliphatic rings. The Kier molecular flexibility index (Phi) is 3.87. The first-order valence-electron chi connectivity index (χ1n) is 4.31. The molecular weight excluding hydrogens is 220 g/mol. The maximum atomic E-state index is 11.2. The number of sulfonamides is 1. The van der Waals surface area contributed by atoms with Gasteiger partial charge in [-0.3, -0.25) is 4.79 Å². The number of hydrogen-bond donors (Lipinski definition) is 2. The van der Waals surface area contributed by atoms with Crippen LogP contribution in [0.2, 0.25) is 0 Å². The molecule has 0 aliphatic carbocycles. The van der Waals surface area contributed by atoms with Crippen molar-refractivity contribution in [1.29, 1.82) is 0 Å². The number of amides is 1. The molecule has 84 valence electrons. The lowest BCUT2D eigenvalue weighted by Gasteiger charge is -2.01. The molecule has 0 atom stereocenters. The van der Waals surface area contributed by atoms with Gasteiger partial charge in [0.2, 0.25) is 10.0 Å². The van der Waals surface area contributed by atoms with E-state index in [2.05, 4.69) is 5.32 Å². The third-order valence-electron chi connectivity index (χ3n) is 1.64. The van der Waals surface area contributed by atoms with Crippen molar-refractivity contribution in [3.8, 4) is 0 Å². The monoisotopic (exact) mass is 232 g/mol. The van der Waals surface area contributed by atoms with Crippen molar-refractivity contribution in [1.82, 2.24) is 5.32 Å². The molecule has 1 aromatic heterocycles. The number of nitrogens with one attached hydrogen (secondary N) is 1. The van der Waals surface area contributed by atoms with Gasteiger partial charge in [0.05, 0.1) is 12.0 Å². The maximum Gasteiger partial charge on any atom is 0.286 e. The Labute approximate surface area is 87.5 Å². The van der Waals surface area contributed by atoms with Gasteiger partial charge < -0.3 is 9.73 Å². The van der Waals surface area contributed by atoms with E-state index in [9.17, 15) is 13.2 Å². The van der Waals surface area contributed by atoms with Crippen molar-refractivity contribution in [2.45, 2.75) is 6.42 Å². The minimum atomic E-state index is -3.45. The van der Waals surface area contributed by atoms with Crippen LogP contribution in [-0.2, 0) is 10.0 Å². The van der Waals surface area contributed by atoms with Gasteiger partial charge in [0.15, 0.2) is 5.76 Å². The van der Waals surface area contributed by atoms with Crippen LogP contribution in [0, 0.1) is 0 Å². The van der Waals surface area contributed by atoms with Gasteiger partial charge in [0.1, 0.15) is 0 Å². The summed E-state index contributed by atoms with van der Waals surface area (Å²) in [6, 6.07) is 3.12. The molecule has 3 N–H and O–H groups in total. The van der Waals surface area contributed by atoms with Gasteiger partial charge in [-0.1, -0.05) is 0 Å². The molecule has 0 aliphatic heterocycles. The smallest absolute Gasteiger partial charge is 0.286 e. The number of furan rings is 1. The molecular formula is C8H12N2O4S. The van der Waals surface area contributed by atoms with E-state index in [-0.39, 0.29) is 30.4 Å². The van der Waals surface area contributed by atoms with Crippen LogP contribution in [0.3, 0.4) is 0 Å².